The number of rotatable bonds is 2. The zero-order valence-corrected chi connectivity index (χ0v) is 20.0. The van der Waals surface area contributed by atoms with Crippen molar-refractivity contribution >= 4 is 35.3 Å². The van der Waals surface area contributed by atoms with Gasteiger partial charge in [0.1, 0.15) is 8.07 Å². The summed E-state index contributed by atoms with van der Waals surface area (Å²) in [5, 5.41) is 5.63. The van der Waals surface area contributed by atoms with E-state index < -0.39 is 8.07 Å². The van der Waals surface area contributed by atoms with Gasteiger partial charge in [-0.15, -0.1) is 0 Å². The molecule has 1 aliphatic heterocycles. The van der Waals surface area contributed by atoms with Gasteiger partial charge in [-0.2, -0.15) is 0 Å². The van der Waals surface area contributed by atoms with Crippen LogP contribution >= 0.6 is 0 Å². The highest BCUT2D eigenvalue weighted by Gasteiger charge is 2.35. The van der Waals surface area contributed by atoms with Crippen LogP contribution in [0.2, 0.25) is 13.1 Å². The fraction of sp³-hybridized carbons (Fsp3) is 0.207. The lowest BCUT2D eigenvalue weighted by Crippen LogP contribution is -2.40. The molecule has 4 aromatic rings. The van der Waals surface area contributed by atoms with Crippen molar-refractivity contribution in [3.8, 4) is 11.3 Å². The summed E-state index contributed by atoms with van der Waals surface area (Å²) in [4.78, 5) is 4.80. The van der Waals surface area contributed by atoms with E-state index in [9.17, 15) is 0 Å². The van der Waals surface area contributed by atoms with Crippen LogP contribution in [-0.4, -0.2) is 13.1 Å². The van der Waals surface area contributed by atoms with E-state index in [4.69, 9.17) is 4.98 Å². The maximum atomic E-state index is 4.80. The van der Waals surface area contributed by atoms with Crippen molar-refractivity contribution in [3.05, 3.63) is 95.7 Å². The zero-order chi connectivity index (χ0) is 21.8. The van der Waals surface area contributed by atoms with Crippen LogP contribution in [-0.2, 0) is 5.41 Å². The SMILES string of the molecule is CC(C)(C)c1cc(-c2cc(C3=Cc4ccccc4[Si]3(C)C)ccn2)cc2ccccc12. The van der Waals surface area contributed by atoms with Crippen molar-refractivity contribution in [1.29, 1.82) is 0 Å². The van der Waals surface area contributed by atoms with Gasteiger partial charge >= 0.3 is 0 Å². The normalized spacial score (nSPS) is 15.1. The van der Waals surface area contributed by atoms with Crippen LogP contribution in [0.15, 0.2) is 79.0 Å². The number of fused-ring (bicyclic) bond motifs is 2. The summed E-state index contributed by atoms with van der Waals surface area (Å²) in [6.07, 6.45) is 4.38. The minimum Gasteiger partial charge on any atom is -0.256 e. The van der Waals surface area contributed by atoms with Gasteiger partial charge in [0.15, 0.2) is 0 Å². The molecule has 0 unspecified atom stereocenters. The average Bonchev–Trinajstić information content (AvgIpc) is 3.03. The Bertz CT molecular complexity index is 1340. The first-order chi connectivity index (χ1) is 14.7. The molecule has 5 rings (SSSR count). The van der Waals surface area contributed by atoms with E-state index in [0.717, 1.165) is 5.69 Å². The highest BCUT2D eigenvalue weighted by Crippen LogP contribution is 2.37. The lowest BCUT2D eigenvalue weighted by Gasteiger charge is -2.24. The van der Waals surface area contributed by atoms with Gasteiger partial charge in [-0.05, 0) is 67.5 Å². The van der Waals surface area contributed by atoms with E-state index >= 15 is 0 Å². The second kappa shape index (κ2) is 7.03. The molecule has 1 nitrogen and oxygen atoms in total. The van der Waals surface area contributed by atoms with E-state index in [2.05, 4.69) is 113 Å². The lowest BCUT2D eigenvalue weighted by molar-refractivity contribution is 0.596. The van der Waals surface area contributed by atoms with E-state index in [-0.39, 0.29) is 5.41 Å². The molecule has 0 atom stereocenters. The maximum absolute atomic E-state index is 4.80. The molecular formula is C29H29NSi. The van der Waals surface area contributed by atoms with E-state index in [0.29, 0.717) is 0 Å². The van der Waals surface area contributed by atoms with Gasteiger partial charge in [0, 0.05) is 11.8 Å². The maximum Gasteiger partial charge on any atom is 0.113 e. The monoisotopic (exact) mass is 419 g/mol. The summed E-state index contributed by atoms with van der Waals surface area (Å²) in [6, 6.07) is 26.7. The molecule has 154 valence electrons. The van der Waals surface area contributed by atoms with Gasteiger partial charge in [-0.25, -0.2) is 0 Å². The van der Waals surface area contributed by atoms with Crippen molar-refractivity contribution in [2.24, 2.45) is 0 Å². The van der Waals surface area contributed by atoms with Crippen LogP contribution in [0, 0.1) is 0 Å². The Kier molecular flexibility index (Phi) is 4.53. The van der Waals surface area contributed by atoms with Gasteiger partial charge in [-0.1, -0.05) is 88.5 Å². The average molecular weight is 420 g/mol. The van der Waals surface area contributed by atoms with Crippen molar-refractivity contribution in [3.63, 3.8) is 0 Å². The van der Waals surface area contributed by atoms with E-state index in [1.165, 1.54) is 43.4 Å². The largest absolute Gasteiger partial charge is 0.256 e. The predicted molar refractivity (Wildman–Crippen MR) is 137 cm³/mol. The quantitative estimate of drug-likeness (QED) is 0.313. The topological polar surface area (TPSA) is 12.9 Å². The van der Waals surface area contributed by atoms with Gasteiger partial charge < -0.3 is 0 Å². The van der Waals surface area contributed by atoms with Crippen LogP contribution in [0.3, 0.4) is 0 Å². The van der Waals surface area contributed by atoms with Gasteiger partial charge in [0.2, 0.25) is 0 Å². The van der Waals surface area contributed by atoms with E-state index in [1.807, 2.05) is 6.20 Å². The molecule has 0 spiro atoms. The fourth-order valence-corrected chi connectivity index (χ4v) is 8.03. The fourth-order valence-electron chi connectivity index (χ4n) is 4.95. The minimum atomic E-state index is -1.71. The Hall–Kier alpha value is -2.97. The molecule has 0 saturated heterocycles. The van der Waals surface area contributed by atoms with Crippen molar-refractivity contribution in [2.45, 2.75) is 39.3 Å². The smallest absolute Gasteiger partial charge is 0.113 e. The summed E-state index contributed by atoms with van der Waals surface area (Å²) in [6.45, 7) is 11.8. The molecule has 1 aromatic heterocycles. The highest BCUT2D eigenvalue weighted by molar-refractivity contribution is 7.07. The van der Waals surface area contributed by atoms with Crippen LogP contribution in [0.4, 0.5) is 0 Å². The standard InChI is InChI=1S/C29H29NSi/c1-29(2,3)25-17-23(16-20-10-6-8-12-24(20)25)26-18-22(14-15-30-26)28-19-21-11-7-9-13-27(21)31(28,4)5/h6-19H,1-5H3. The Balaban J connectivity index is 1.65. The predicted octanol–water partition coefficient (Wildman–Crippen LogP) is 7.21. The summed E-state index contributed by atoms with van der Waals surface area (Å²) in [5.41, 5.74) is 6.38. The third-order valence-corrected chi connectivity index (χ3v) is 10.2. The number of aromatic nitrogens is 1. The van der Waals surface area contributed by atoms with Crippen LogP contribution in [0.5, 0.6) is 0 Å². The third-order valence-electron chi connectivity index (χ3n) is 6.64. The molecule has 1 aliphatic rings. The summed E-state index contributed by atoms with van der Waals surface area (Å²) in [5.74, 6) is 0. The molecule has 2 heteroatoms. The van der Waals surface area contributed by atoms with Crippen molar-refractivity contribution in [2.75, 3.05) is 0 Å². The van der Waals surface area contributed by atoms with Crippen LogP contribution in [0.1, 0.15) is 37.5 Å². The molecule has 0 bridgehead atoms. The Labute approximate surface area is 186 Å². The molecule has 0 amide bonds. The molecule has 0 N–H and O–H groups in total. The zero-order valence-electron chi connectivity index (χ0n) is 19.0. The van der Waals surface area contributed by atoms with Crippen LogP contribution < -0.4 is 5.19 Å². The first-order valence-corrected chi connectivity index (χ1v) is 14.1. The number of benzene rings is 3. The summed E-state index contributed by atoms with van der Waals surface area (Å²) >= 11 is 0. The van der Waals surface area contributed by atoms with Crippen LogP contribution in [0.25, 0.3) is 33.3 Å². The van der Waals surface area contributed by atoms with Crippen molar-refractivity contribution in [1.82, 2.24) is 4.98 Å². The Morgan fingerprint density at radius 2 is 1.52 bits per heavy atom. The van der Waals surface area contributed by atoms with E-state index in [1.54, 1.807) is 0 Å². The first-order valence-electron chi connectivity index (χ1n) is 11.1. The molecule has 2 heterocycles. The van der Waals surface area contributed by atoms with Gasteiger partial charge in [0.25, 0.3) is 0 Å². The number of nitrogens with zero attached hydrogens (tertiary/aromatic N) is 1. The molecule has 0 fully saturated rings. The molecule has 0 saturated carbocycles. The third kappa shape index (κ3) is 3.36. The molecule has 0 radical (unpaired) electrons. The summed E-state index contributed by atoms with van der Waals surface area (Å²) in [7, 11) is -1.71. The van der Waals surface area contributed by atoms with Gasteiger partial charge in [-0.3, -0.25) is 4.98 Å². The number of hydrogen-bond donors (Lipinski definition) is 0. The highest BCUT2D eigenvalue weighted by atomic mass is 28.3. The summed E-state index contributed by atoms with van der Waals surface area (Å²) < 4.78 is 0. The number of hydrogen-bond acceptors (Lipinski definition) is 1. The molecule has 31 heavy (non-hydrogen) atoms. The van der Waals surface area contributed by atoms with Crippen molar-refractivity contribution < 1.29 is 0 Å². The second-order valence-corrected chi connectivity index (χ2v) is 14.5. The molecular weight excluding hydrogens is 390 g/mol. The minimum absolute atomic E-state index is 0.0672. The number of pyridine rings is 1. The first kappa shape index (κ1) is 20.0. The Morgan fingerprint density at radius 1 is 0.774 bits per heavy atom. The second-order valence-electron chi connectivity index (χ2n) is 10.2. The molecule has 3 aromatic carbocycles. The lowest BCUT2D eigenvalue weighted by atomic mass is 9.82. The Morgan fingerprint density at radius 3 is 2.29 bits per heavy atom. The molecule has 0 aliphatic carbocycles. The van der Waals surface area contributed by atoms with Gasteiger partial charge in [0.05, 0.1) is 5.69 Å².